The molecule has 0 radical (unpaired) electrons. The van der Waals surface area contributed by atoms with E-state index in [0.717, 1.165) is 17.7 Å². The zero-order valence-corrected chi connectivity index (χ0v) is 11.7. The largest absolute Gasteiger partial charge is 0.487 e. The van der Waals surface area contributed by atoms with E-state index in [4.69, 9.17) is 9.47 Å². The molecule has 0 amide bonds. The van der Waals surface area contributed by atoms with E-state index in [1.54, 1.807) is 0 Å². The quantitative estimate of drug-likeness (QED) is 0.849. The molecule has 2 aromatic rings. The summed E-state index contributed by atoms with van der Waals surface area (Å²) in [6, 6.07) is 6.04. The summed E-state index contributed by atoms with van der Waals surface area (Å²) in [4.78, 5) is 10.7. The number of hydrogen-bond acceptors (Lipinski definition) is 5. The lowest BCUT2D eigenvalue weighted by molar-refractivity contribution is 0.137. The van der Waals surface area contributed by atoms with Gasteiger partial charge in [-0.2, -0.15) is 0 Å². The van der Waals surface area contributed by atoms with Crippen molar-refractivity contribution in [3.05, 3.63) is 39.9 Å². The molecule has 0 aliphatic carbocycles. The van der Waals surface area contributed by atoms with Crippen LogP contribution in [-0.4, -0.2) is 15.8 Å². The smallest absolute Gasteiger partial charge is 0.436 e. The first-order valence-electron chi connectivity index (χ1n) is 6.53. The van der Waals surface area contributed by atoms with Crippen molar-refractivity contribution in [2.75, 3.05) is 0 Å². The van der Waals surface area contributed by atoms with E-state index in [9.17, 15) is 4.79 Å². The molecule has 0 saturated heterocycles. The minimum atomic E-state index is -0.677. The predicted molar refractivity (Wildman–Crippen MR) is 74.1 cm³/mol. The summed E-state index contributed by atoms with van der Waals surface area (Å²) in [5.74, 6) is 3.08. The topological polar surface area (TPSA) is 77.4 Å². The van der Waals surface area contributed by atoms with Crippen LogP contribution in [0.3, 0.4) is 0 Å². The Balaban J connectivity index is 1.70. The number of hydrogen-bond donors (Lipinski definition) is 1. The number of fused-ring (bicyclic) bond motifs is 1. The third-order valence-corrected chi connectivity index (χ3v) is 3.08. The number of para-hydroxylation sites is 1. The Morgan fingerprint density at radius 2 is 2.33 bits per heavy atom. The summed E-state index contributed by atoms with van der Waals surface area (Å²) in [7, 11) is 0. The molecule has 6 nitrogen and oxygen atoms in total. The highest BCUT2D eigenvalue weighted by Crippen LogP contribution is 2.37. The van der Waals surface area contributed by atoms with Crippen LogP contribution in [0.25, 0.3) is 0 Å². The van der Waals surface area contributed by atoms with E-state index < -0.39 is 5.76 Å². The van der Waals surface area contributed by atoms with Crippen LogP contribution in [0.4, 0.5) is 0 Å². The maximum atomic E-state index is 10.7. The number of aromatic amines is 1. The number of nitrogens with zero attached hydrogens (tertiary/aromatic N) is 1. The molecule has 1 aromatic carbocycles. The second-order valence-corrected chi connectivity index (χ2v) is 5.38. The Morgan fingerprint density at radius 1 is 1.48 bits per heavy atom. The van der Waals surface area contributed by atoms with Gasteiger partial charge in [0, 0.05) is 18.4 Å². The fourth-order valence-electron chi connectivity index (χ4n) is 2.29. The molecule has 1 aliphatic heterocycles. The second kappa shape index (κ2) is 5.02. The lowest BCUT2D eigenvalue weighted by Gasteiger charge is -2.17. The van der Waals surface area contributed by atoms with Gasteiger partial charge in [0.1, 0.15) is 17.5 Å². The van der Waals surface area contributed by atoms with Crippen LogP contribution < -0.4 is 15.2 Å². The number of aromatic nitrogens is 2. The van der Waals surface area contributed by atoms with Gasteiger partial charge in [0.2, 0.25) is 0 Å². The lowest BCUT2D eigenvalue weighted by atomic mass is 10.00. The fraction of sp³-hybridized carbons (Fsp3) is 0.333. The van der Waals surface area contributed by atoms with Gasteiger partial charge in [0.25, 0.3) is 0 Å². The molecule has 0 fully saturated rings. The minimum absolute atomic E-state index is 0.180. The van der Waals surface area contributed by atoms with Crippen LogP contribution in [0, 0.1) is 12.0 Å². The molecule has 0 unspecified atom stereocenters. The highest BCUT2D eigenvalue weighted by molar-refractivity contribution is 5.47. The van der Waals surface area contributed by atoms with Gasteiger partial charge < -0.3 is 13.9 Å². The first kappa shape index (κ1) is 13.3. The van der Waals surface area contributed by atoms with Crippen LogP contribution in [-0.2, 0) is 12.8 Å². The van der Waals surface area contributed by atoms with Crippen LogP contribution in [0.15, 0.2) is 27.4 Å². The summed E-state index contributed by atoms with van der Waals surface area (Å²) in [5.41, 5.74) is 2.03. The summed E-state index contributed by atoms with van der Waals surface area (Å²) < 4.78 is 15.4. The van der Waals surface area contributed by atoms with Gasteiger partial charge in [-0.15, -0.1) is 0 Å². The Morgan fingerprint density at radius 3 is 3.10 bits per heavy atom. The minimum Gasteiger partial charge on any atom is -0.487 e. The maximum Gasteiger partial charge on any atom is 0.436 e. The number of nitrogens with one attached hydrogen (secondary N) is 1. The standard InChI is InChI=1S/C15H14N2O4/c1-15(2)9-11-6-3-5-10(12(11)21-15)7-4-8-19-14-17-16-13(18)20-14/h3,5-6H,7,9H2,1-2H3,(H,16,18). The monoisotopic (exact) mass is 286 g/mol. The molecule has 0 saturated carbocycles. The van der Waals surface area contributed by atoms with Gasteiger partial charge >= 0.3 is 11.8 Å². The molecule has 6 heteroatoms. The zero-order valence-electron chi connectivity index (χ0n) is 11.7. The van der Waals surface area contributed by atoms with E-state index in [-0.39, 0.29) is 11.7 Å². The molecule has 0 atom stereocenters. The number of rotatable bonds is 2. The van der Waals surface area contributed by atoms with Gasteiger partial charge in [0.05, 0.1) is 0 Å². The first-order valence-corrected chi connectivity index (χ1v) is 6.53. The van der Waals surface area contributed by atoms with E-state index in [1.807, 2.05) is 12.1 Å². The molecule has 1 aromatic heterocycles. The Bertz CT molecular complexity index is 777. The Labute approximate surface area is 121 Å². The summed E-state index contributed by atoms with van der Waals surface area (Å²) in [6.07, 6.45) is 3.63. The van der Waals surface area contributed by atoms with Crippen molar-refractivity contribution >= 4 is 0 Å². The van der Waals surface area contributed by atoms with E-state index in [1.165, 1.54) is 5.56 Å². The van der Waals surface area contributed by atoms with Gasteiger partial charge in [-0.05, 0) is 19.4 Å². The molecule has 1 aliphatic rings. The number of ether oxygens (including phenoxy) is 2. The third-order valence-electron chi connectivity index (χ3n) is 3.08. The van der Waals surface area contributed by atoms with Crippen molar-refractivity contribution in [3.8, 4) is 23.9 Å². The SMILES string of the molecule is CC1(C)Cc2cccc(CC#COc3n[nH]c(=O)o3)c2O1. The van der Waals surface area contributed by atoms with E-state index in [2.05, 4.69) is 46.6 Å². The van der Waals surface area contributed by atoms with Gasteiger partial charge in [-0.1, -0.05) is 29.2 Å². The molecule has 2 heterocycles. The van der Waals surface area contributed by atoms with Crippen molar-refractivity contribution in [2.45, 2.75) is 32.3 Å². The normalized spacial score (nSPS) is 14.8. The molecule has 1 N–H and O–H groups in total. The lowest BCUT2D eigenvalue weighted by Crippen LogP contribution is -2.24. The van der Waals surface area contributed by atoms with Gasteiger partial charge in [-0.25, -0.2) is 9.89 Å². The van der Waals surface area contributed by atoms with E-state index >= 15 is 0 Å². The fourth-order valence-corrected chi connectivity index (χ4v) is 2.29. The summed E-state index contributed by atoms with van der Waals surface area (Å²) >= 11 is 0. The molecular formula is C15H14N2O4. The van der Waals surface area contributed by atoms with Crippen molar-refractivity contribution in [1.29, 1.82) is 0 Å². The summed E-state index contributed by atoms with van der Waals surface area (Å²) in [6.45, 7) is 4.12. The van der Waals surface area contributed by atoms with Crippen molar-refractivity contribution in [2.24, 2.45) is 0 Å². The molecule has 0 spiro atoms. The second-order valence-electron chi connectivity index (χ2n) is 5.38. The van der Waals surface area contributed by atoms with Crippen LogP contribution >= 0.6 is 0 Å². The highest BCUT2D eigenvalue weighted by Gasteiger charge is 2.31. The van der Waals surface area contributed by atoms with Crippen molar-refractivity contribution < 1.29 is 13.9 Å². The first-order chi connectivity index (χ1) is 10.0. The Hall–Kier alpha value is -2.68. The zero-order chi connectivity index (χ0) is 14.9. The van der Waals surface area contributed by atoms with Crippen LogP contribution in [0.5, 0.6) is 11.8 Å². The predicted octanol–water partition coefficient (Wildman–Crippen LogP) is 1.66. The number of H-pyrrole nitrogens is 1. The van der Waals surface area contributed by atoms with Crippen LogP contribution in [0.2, 0.25) is 0 Å². The summed E-state index contributed by atoms with van der Waals surface area (Å²) in [5, 5.41) is 5.57. The van der Waals surface area contributed by atoms with Gasteiger partial charge in [-0.3, -0.25) is 0 Å². The molecular weight excluding hydrogens is 272 g/mol. The van der Waals surface area contributed by atoms with Crippen molar-refractivity contribution in [3.63, 3.8) is 0 Å². The Kier molecular flexibility index (Phi) is 3.18. The van der Waals surface area contributed by atoms with E-state index in [0.29, 0.717) is 6.42 Å². The third kappa shape index (κ3) is 2.92. The van der Waals surface area contributed by atoms with Crippen LogP contribution in [0.1, 0.15) is 25.0 Å². The molecule has 21 heavy (non-hydrogen) atoms. The average Bonchev–Trinajstić information content (AvgIpc) is 2.96. The highest BCUT2D eigenvalue weighted by atomic mass is 16.6. The molecule has 0 bridgehead atoms. The average molecular weight is 286 g/mol. The molecule has 108 valence electrons. The maximum absolute atomic E-state index is 10.7. The van der Waals surface area contributed by atoms with Gasteiger partial charge in [0.15, 0.2) is 0 Å². The molecule has 3 rings (SSSR count). The van der Waals surface area contributed by atoms with Crippen molar-refractivity contribution in [1.82, 2.24) is 10.2 Å². The number of benzene rings is 1.